The zero-order chi connectivity index (χ0) is 9.68. The van der Waals surface area contributed by atoms with Crippen LogP contribution in [-0.2, 0) is 9.88 Å². The highest BCUT2D eigenvalue weighted by molar-refractivity contribution is 4.97. The minimum atomic E-state index is 0.232. The Hall–Kier alpha value is -0.380. The van der Waals surface area contributed by atoms with E-state index in [2.05, 4.69) is 20.4 Å². The molecule has 0 aromatic carbocycles. The lowest BCUT2D eigenvalue weighted by molar-refractivity contribution is -0.414. The van der Waals surface area contributed by atoms with Crippen molar-refractivity contribution < 1.29 is 9.88 Å². The summed E-state index contributed by atoms with van der Waals surface area (Å²) in [4.78, 5) is 10.4. The molecule has 0 spiro atoms. The van der Waals surface area contributed by atoms with Gasteiger partial charge in [-0.05, 0) is 12.8 Å². The fourth-order valence-corrected chi connectivity index (χ4v) is 1.17. The van der Waals surface area contributed by atoms with Crippen LogP contribution in [0.4, 0.5) is 0 Å². The van der Waals surface area contributed by atoms with Crippen molar-refractivity contribution in [3.8, 4) is 0 Å². The van der Waals surface area contributed by atoms with Crippen LogP contribution in [0.3, 0.4) is 0 Å². The SMILES string of the molecule is C=CC1CN1OOC(CC)CCC. The average molecular weight is 185 g/mol. The molecule has 1 saturated heterocycles. The molecule has 0 bridgehead atoms. The third kappa shape index (κ3) is 3.46. The molecule has 0 radical (unpaired) electrons. The summed E-state index contributed by atoms with van der Waals surface area (Å²) in [6, 6.07) is 0.360. The van der Waals surface area contributed by atoms with Gasteiger partial charge in [0.1, 0.15) is 0 Å². The van der Waals surface area contributed by atoms with Crippen molar-refractivity contribution in [1.29, 1.82) is 0 Å². The van der Waals surface area contributed by atoms with Crippen molar-refractivity contribution in [2.45, 2.75) is 45.3 Å². The predicted octanol–water partition coefficient (Wildman–Crippen LogP) is 2.30. The van der Waals surface area contributed by atoms with E-state index in [0.29, 0.717) is 6.04 Å². The molecule has 76 valence electrons. The van der Waals surface area contributed by atoms with Gasteiger partial charge in [0.05, 0.1) is 12.1 Å². The monoisotopic (exact) mass is 185 g/mol. The molecule has 0 N–H and O–H groups in total. The number of nitrogens with zero attached hydrogens (tertiary/aromatic N) is 1. The van der Waals surface area contributed by atoms with Crippen LogP contribution in [0.15, 0.2) is 12.7 Å². The molecule has 0 aromatic rings. The molecule has 3 atom stereocenters. The van der Waals surface area contributed by atoms with Crippen molar-refractivity contribution in [3.05, 3.63) is 12.7 Å². The minimum absolute atomic E-state index is 0.232. The topological polar surface area (TPSA) is 21.5 Å². The molecule has 1 rings (SSSR count). The van der Waals surface area contributed by atoms with E-state index in [1.54, 1.807) is 5.06 Å². The Balaban J connectivity index is 2.06. The van der Waals surface area contributed by atoms with Gasteiger partial charge in [0, 0.05) is 6.54 Å². The maximum Gasteiger partial charge on any atom is 0.0947 e. The minimum Gasteiger partial charge on any atom is -0.215 e. The van der Waals surface area contributed by atoms with Crippen LogP contribution in [0.2, 0.25) is 0 Å². The summed E-state index contributed by atoms with van der Waals surface area (Å²) >= 11 is 0. The van der Waals surface area contributed by atoms with Gasteiger partial charge in [-0.25, -0.2) is 4.89 Å². The van der Waals surface area contributed by atoms with Crippen molar-refractivity contribution in [2.75, 3.05) is 6.54 Å². The van der Waals surface area contributed by atoms with Gasteiger partial charge in [0.15, 0.2) is 0 Å². The zero-order valence-corrected chi connectivity index (χ0v) is 8.53. The first-order valence-corrected chi connectivity index (χ1v) is 5.04. The van der Waals surface area contributed by atoms with Gasteiger partial charge in [0.2, 0.25) is 0 Å². The Morgan fingerprint density at radius 2 is 2.38 bits per heavy atom. The molecule has 3 unspecified atom stereocenters. The Kier molecular flexibility index (Phi) is 4.42. The Morgan fingerprint density at radius 1 is 1.62 bits per heavy atom. The lowest BCUT2D eigenvalue weighted by atomic mass is 10.2. The quantitative estimate of drug-likeness (QED) is 0.263. The number of hydroxylamine groups is 2. The van der Waals surface area contributed by atoms with Crippen LogP contribution in [0.1, 0.15) is 33.1 Å². The molecule has 1 aliphatic heterocycles. The highest BCUT2D eigenvalue weighted by atomic mass is 17.3. The van der Waals surface area contributed by atoms with Gasteiger partial charge >= 0.3 is 0 Å². The first kappa shape index (κ1) is 10.7. The third-order valence-electron chi connectivity index (χ3n) is 2.22. The fraction of sp³-hybridized carbons (Fsp3) is 0.800. The third-order valence-corrected chi connectivity index (χ3v) is 2.22. The summed E-state index contributed by atoms with van der Waals surface area (Å²) in [7, 11) is 0. The summed E-state index contributed by atoms with van der Waals surface area (Å²) in [6.07, 6.45) is 5.29. The van der Waals surface area contributed by atoms with Crippen LogP contribution in [0.25, 0.3) is 0 Å². The first-order chi connectivity index (χ1) is 6.31. The fourth-order valence-electron chi connectivity index (χ4n) is 1.17. The molecule has 0 aliphatic carbocycles. The van der Waals surface area contributed by atoms with E-state index >= 15 is 0 Å². The van der Waals surface area contributed by atoms with Crippen molar-refractivity contribution in [1.82, 2.24) is 5.06 Å². The molecule has 13 heavy (non-hydrogen) atoms. The number of hydrogen-bond acceptors (Lipinski definition) is 3. The lowest BCUT2D eigenvalue weighted by Crippen LogP contribution is -2.15. The molecule has 3 nitrogen and oxygen atoms in total. The lowest BCUT2D eigenvalue weighted by Gasteiger charge is -2.13. The van der Waals surface area contributed by atoms with Crippen LogP contribution >= 0.6 is 0 Å². The van der Waals surface area contributed by atoms with E-state index in [1.165, 1.54) is 0 Å². The second kappa shape index (κ2) is 5.37. The molecule has 1 fully saturated rings. The maximum absolute atomic E-state index is 5.27. The van der Waals surface area contributed by atoms with Gasteiger partial charge in [-0.3, -0.25) is 0 Å². The van der Waals surface area contributed by atoms with Crippen LogP contribution < -0.4 is 0 Å². The Bertz CT molecular complexity index is 161. The molecular formula is C10H19NO2. The summed E-state index contributed by atoms with van der Waals surface area (Å²) in [5.74, 6) is 0. The van der Waals surface area contributed by atoms with Gasteiger partial charge in [-0.2, -0.15) is 0 Å². The molecule has 0 aromatic heterocycles. The normalized spacial score (nSPS) is 28.5. The second-order valence-corrected chi connectivity index (χ2v) is 3.39. The van der Waals surface area contributed by atoms with Gasteiger partial charge in [-0.15, -0.1) is 16.6 Å². The van der Waals surface area contributed by atoms with E-state index < -0.39 is 0 Å². The summed E-state index contributed by atoms with van der Waals surface area (Å²) in [5, 5.41) is 1.78. The van der Waals surface area contributed by atoms with Crippen LogP contribution in [0.5, 0.6) is 0 Å². The first-order valence-electron chi connectivity index (χ1n) is 5.04. The molecule has 1 aliphatic rings. The standard InChI is InChI=1S/C10H19NO2/c1-4-7-10(6-3)12-13-11-8-9(11)5-2/h5,9-10H,2,4,6-8H2,1,3H3. The van der Waals surface area contributed by atoms with Crippen molar-refractivity contribution in [2.24, 2.45) is 0 Å². The van der Waals surface area contributed by atoms with E-state index in [-0.39, 0.29) is 6.10 Å². The Labute approximate surface area is 80.2 Å². The van der Waals surface area contributed by atoms with Crippen LogP contribution in [-0.4, -0.2) is 23.8 Å². The van der Waals surface area contributed by atoms with E-state index in [4.69, 9.17) is 9.88 Å². The maximum atomic E-state index is 5.27. The van der Waals surface area contributed by atoms with Gasteiger partial charge < -0.3 is 0 Å². The summed E-state index contributed by atoms with van der Waals surface area (Å²) in [5.41, 5.74) is 0. The number of rotatable bonds is 7. The average Bonchev–Trinajstić information content (AvgIpc) is 2.91. The predicted molar refractivity (Wildman–Crippen MR) is 51.8 cm³/mol. The smallest absolute Gasteiger partial charge is 0.0947 e. The molecule has 3 heteroatoms. The van der Waals surface area contributed by atoms with E-state index in [0.717, 1.165) is 25.8 Å². The zero-order valence-electron chi connectivity index (χ0n) is 8.53. The van der Waals surface area contributed by atoms with Crippen molar-refractivity contribution in [3.63, 3.8) is 0 Å². The van der Waals surface area contributed by atoms with Gasteiger partial charge in [0.25, 0.3) is 0 Å². The highest BCUT2D eigenvalue weighted by Gasteiger charge is 2.34. The second-order valence-electron chi connectivity index (χ2n) is 3.39. The molecule has 0 amide bonds. The highest BCUT2D eigenvalue weighted by Crippen LogP contribution is 2.20. The largest absolute Gasteiger partial charge is 0.215 e. The molecule has 0 saturated carbocycles. The summed E-state index contributed by atoms with van der Waals surface area (Å²) < 4.78 is 0. The van der Waals surface area contributed by atoms with E-state index in [1.807, 2.05) is 6.08 Å². The summed E-state index contributed by atoms with van der Waals surface area (Å²) in [6.45, 7) is 8.84. The molecule has 1 heterocycles. The molecular weight excluding hydrogens is 166 g/mol. The van der Waals surface area contributed by atoms with E-state index in [9.17, 15) is 0 Å². The van der Waals surface area contributed by atoms with Crippen molar-refractivity contribution >= 4 is 0 Å². The van der Waals surface area contributed by atoms with Gasteiger partial charge in [-0.1, -0.05) is 26.3 Å². The number of hydrogen-bond donors (Lipinski definition) is 0. The van der Waals surface area contributed by atoms with Crippen LogP contribution in [0, 0.1) is 0 Å². The Morgan fingerprint density at radius 3 is 2.85 bits per heavy atom.